The molecular weight excluding hydrogens is 557 g/mol. The number of nitrogens with one attached hydrogen (secondary N) is 3. The van der Waals surface area contributed by atoms with Crippen molar-refractivity contribution < 1.29 is 27.9 Å². The van der Waals surface area contributed by atoms with Gasteiger partial charge in [-0.05, 0) is 74.8 Å². The van der Waals surface area contributed by atoms with Gasteiger partial charge in [-0.25, -0.2) is 15.0 Å². The smallest absolute Gasteiger partial charge is 0.383 e. The summed E-state index contributed by atoms with van der Waals surface area (Å²) in [6.07, 6.45) is 1.62. The minimum absolute atomic E-state index is 0.0176. The van der Waals surface area contributed by atoms with Crippen LogP contribution in [0.2, 0.25) is 0 Å². The first-order valence-corrected chi connectivity index (χ1v) is 14.2. The van der Waals surface area contributed by atoms with Crippen LogP contribution in [0.5, 0.6) is 0 Å². The third-order valence-corrected chi connectivity index (χ3v) is 8.17. The number of carbonyl (C=O) groups excluding carboxylic acids is 2. The van der Waals surface area contributed by atoms with Gasteiger partial charge in [0.2, 0.25) is 17.8 Å². The van der Waals surface area contributed by atoms with Gasteiger partial charge in [0, 0.05) is 44.0 Å². The number of benzene rings is 1. The fourth-order valence-corrected chi connectivity index (χ4v) is 5.82. The molecule has 0 radical (unpaired) electrons. The summed E-state index contributed by atoms with van der Waals surface area (Å²) in [7, 11) is 0. The lowest BCUT2D eigenvalue weighted by molar-refractivity contribution is -0.141. The molecule has 1 saturated carbocycles. The van der Waals surface area contributed by atoms with Gasteiger partial charge in [-0.3, -0.25) is 9.59 Å². The number of carbonyl (C=O) groups is 2. The predicted molar refractivity (Wildman–Crippen MR) is 149 cm³/mol. The number of hydrogen-bond acceptors (Lipinski definition) is 8. The van der Waals surface area contributed by atoms with E-state index in [0.717, 1.165) is 41.1 Å². The molecule has 0 aliphatic heterocycles. The number of nitrogens with zero attached hydrogens (tertiary/aromatic N) is 3. The number of anilines is 2. The van der Waals surface area contributed by atoms with Crippen molar-refractivity contribution in [1.82, 2.24) is 25.6 Å². The molecule has 3 aromatic rings. The van der Waals surface area contributed by atoms with Crippen LogP contribution in [0.4, 0.5) is 24.8 Å². The normalized spacial score (nSPS) is 19.0. The SMILES string of the molecule is CC(=O)NCCCCNC(=O)[C@H]1CC[C@@](O)(c2ncc(-c3cc(C)cc(Nc4nccc(C(F)(F)F)n4)c3)s2)CC1. The second kappa shape index (κ2) is 12.9. The zero-order valence-corrected chi connectivity index (χ0v) is 23.7. The summed E-state index contributed by atoms with van der Waals surface area (Å²) in [5, 5.41) is 20.5. The summed E-state index contributed by atoms with van der Waals surface area (Å²) in [5.74, 6) is -0.424. The summed E-state index contributed by atoms with van der Waals surface area (Å²) >= 11 is 1.35. The van der Waals surface area contributed by atoms with Gasteiger partial charge in [-0.15, -0.1) is 11.3 Å². The number of rotatable bonds is 10. The van der Waals surface area contributed by atoms with Gasteiger partial charge in [-0.1, -0.05) is 6.07 Å². The molecular formula is C28H33F3N6O3S. The number of hydrogen-bond donors (Lipinski definition) is 4. The van der Waals surface area contributed by atoms with E-state index in [1.165, 1.54) is 18.3 Å². The largest absolute Gasteiger partial charge is 0.433 e. The van der Waals surface area contributed by atoms with Crippen molar-refractivity contribution in [3.63, 3.8) is 0 Å². The van der Waals surface area contributed by atoms with Crippen LogP contribution in [0.25, 0.3) is 10.4 Å². The maximum atomic E-state index is 13.0. The van der Waals surface area contributed by atoms with Crippen LogP contribution in [0.15, 0.2) is 36.7 Å². The quantitative estimate of drug-likeness (QED) is 0.242. The maximum absolute atomic E-state index is 13.0. The molecule has 0 spiro atoms. The minimum atomic E-state index is -4.57. The lowest BCUT2D eigenvalue weighted by Crippen LogP contribution is -2.38. The minimum Gasteiger partial charge on any atom is -0.383 e. The highest BCUT2D eigenvalue weighted by atomic mass is 32.1. The molecule has 4 rings (SSSR count). The summed E-state index contributed by atoms with van der Waals surface area (Å²) < 4.78 is 39.1. The van der Waals surface area contributed by atoms with Gasteiger partial charge in [0.25, 0.3) is 0 Å². The average molecular weight is 591 g/mol. The first kappa shape index (κ1) is 30.4. The van der Waals surface area contributed by atoms with E-state index in [9.17, 15) is 27.9 Å². The monoisotopic (exact) mass is 590 g/mol. The number of aliphatic hydroxyl groups is 1. The molecule has 9 nitrogen and oxygen atoms in total. The first-order valence-electron chi connectivity index (χ1n) is 13.4. The Morgan fingerprint density at radius 2 is 1.80 bits per heavy atom. The fraction of sp³-hybridized carbons (Fsp3) is 0.464. The van der Waals surface area contributed by atoms with Gasteiger partial charge < -0.3 is 21.1 Å². The van der Waals surface area contributed by atoms with Gasteiger partial charge in [0.1, 0.15) is 16.3 Å². The van der Waals surface area contributed by atoms with Crippen LogP contribution < -0.4 is 16.0 Å². The highest BCUT2D eigenvalue weighted by Crippen LogP contribution is 2.43. The van der Waals surface area contributed by atoms with Gasteiger partial charge in [0.15, 0.2) is 0 Å². The van der Waals surface area contributed by atoms with Crippen molar-refractivity contribution in [3.05, 3.63) is 52.9 Å². The van der Waals surface area contributed by atoms with E-state index in [-0.39, 0.29) is 23.7 Å². The van der Waals surface area contributed by atoms with Crippen LogP contribution in [-0.4, -0.2) is 45.0 Å². The van der Waals surface area contributed by atoms with E-state index in [1.807, 2.05) is 13.0 Å². The Hall–Kier alpha value is -3.58. The molecule has 0 unspecified atom stereocenters. The van der Waals surface area contributed by atoms with E-state index in [2.05, 4.69) is 30.9 Å². The summed E-state index contributed by atoms with van der Waals surface area (Å²) in [6, 6.07) is 6.29. The number of thiazole rings is 1. The number of halogens is 3. The van der Waals surface area contributed by atoms with Crippen LogP contribution in [-0.2, 0) is 21.4 Å². The Balaban J connectivity index is 1.36. The Kier molecular flexibility index (Phi) is 9.59. The Bertz CT molecular complexity index is 1370. The van der Waals surface area contributed by atoms with Crippen LogP contribution >= 0.6 is 11.3 Å². The Labute approximate surface area is 240 Å². The lowest BCUT2D eigenvalue weighted by Gasteiger charge is -2.33. The number of unbranched alkanes of at least 4 members (excludes halogenated alkanes) is 1. The molecule has 0 atom stereocenters. The van der Waals surface area contributed by atoms with E-state index in [4.69, 9.17) is 0 Å². The zero-order valence-electron chi connectivity index (χ0n) is 22.8. The van der Waals surface area contributed by atoms with Crippen molar-refractivity contribution in [2.24, 2.45) is 5.92 Å². The topological polar surface area (TPSA) is 129 Å². The molecule has 0 bridgehead atoms. The summed E-state index contributed by atoms with van der Waals surface area (Å²) in [4.78, 5) is 36.3. The van der Waals surface area contributed by atoms with Gasteiger partial charge >= 0.3 is 6.18 Å². The second-order valence-electron chi connectivity index (χ2n) is 10.3. The molecule has 13 heteroatoms. The molecule has 0 saturated heterocycles. The van der Waals surface area contributed by atoms with Gasteiger partial charge in [-0.2, -0.15) is 13.2 Å². The molecule has 1 aliphatic carbocycles. The molecule has 1 fully saturated rings. The van der Waals surface area contributed by atoms with Crippen molar-refractivity contribution in [1.29, 1.82) is 0 Å². The number of aromatic nitrogens is 3. The Morgan fingerprint density at radius 3 is 2.49 bits per heavy atom. The maximum Gasteiger partial charge on any atom is 0.433 e. The summed E-state index contributed by atoms with van der Waals surface area (Å²) in [5.41, 5.74) is 0.0175. The first-order chi connectivity index (χ1) is 19.4. The van der Waals surface area contributed by atoms with Crippen molar-refractivity contribution in [3.8, 4) is 10.4 Å². The molecule has 1 aliphatic rings. The predicted octanol–water partition coefficient (Wildman–Crippen LogP) is 5.08. The van der Waals surface area contributed by atoms with Gasteiger partial charge in [0.05, 0.1) is 4.88 Å². The van der Waals surface area contributed by atoms with Crippen LogP contribution in [0, 0.1) is 12.8 Å². The lowest BCUT2D eigenvalue weighted by atomic mass is 9.78. The number of alkyl halides is 3. The number of aryl methyl sites for hydroxylation is 1. The number of amides is 2. The molecule has 2 heterocycles. The van der Waals surface area contributed by atoms with E-state index in [0.29, 0.717) is 49.5 Å². The molecule has 4 N–H and O–H groups in total. The standard InChI is InChI=1S/C28H33F3N6O3S/c1-17-13-20(15-21(14-17)36-26-34-12-7-23(37-26)28(29,30)31)22-16-35-25(41-22)27(40)8-5-19(6-9-27)24(39)33-11-4-3-10-32-18(2)38/h7,12-16,19,40H,3-6,8-11H2,1-2H3,(H,32,38)(H,33,39)(H,34,36,37)/t19-,27-. The molecule has 2 aromatic heterocycles. The molecule has 2 amide bonds. The van der Waals surface area contributed by atoms with Crippen LogP contribution in [0.1, 0.15) is 61.7 Å². The second-order valence-corrected chi connectivity index (χ2v) is 11.3. The van der Waals surface area contributed by atoms with Crippen molar-refractivity contribution in [2.45, 2.75) is 64.1 Å². The molecule has 220 valence electrons. The highest BCUT2D eigenvalue weighted by molar-refractivity contribution is 7.15. The average Bonchev–Trinajstić information content (AvgIpc) is 3.42. The summed E-state index contributed by atoms with van der Waals surface area (Å²) in [6.45, 7) is 4.47. The third-order valence-electron chi connectivity index (χ3n) is 6.93. The highest BCUT2D eigenvalue weighted by Gasteiger charge is 2.39. The van der Waals surface area contributed by atoms with Crippen LogP contribution in [0.3, 0.4) is 0 Å². The van der Waals surface area contributed by atoms with E-state index >= 15 is 0 Å². The third kappa shape index (κ3) is 8.23. The van der Waals surface area contributed by atoms with Crippen molar-refractivity contribution in [2.75, 3.05) is 18.4 Å². The van der Waals surface area contributed by atoms with Crippen molar-refractivity contribution >= 4 is 34.8 Å². The zero-order chi connectivity index (χ0) is 29.6. The van der Waals surface area contributed by atoms with E-state index < -0.39 is 17.5 Å². The Morgan fingerprint density at radius 1 is 1.10 bits per heavy atom. The van der Waals surface area contributed by atoms with E-state index in [1.54, 1.807) is 18.3 Å². The molecule has 41 heavy (non-hydrogen) atoms. The molecule has 1 aromatic carbocycles. The fourth-order valence-electron chi connectivity index (χ4n) is 4.77.